The van der Waals surface area contributed by atoms with Crippen LogP contribution in [0.3, 0.4) is 0 Å². The number of carbonyl (C=O) groups excluding carboxylic acids is 1. The molecule has 1 atom stereocenters. The normalized spacial score (nSPS) is 21.5. The van der Waals surface area contributed by atoms with Crippen LogP contribution in [0.1, 0.15) is 53.6 Å². The Morgan fingerprint density at radius 1 is 1.08 bits per heavy atom. The molecule has 3 aliphatic heterocycles. The van der Waals surface area contributed by atoms with E-state index in [0.29, 0.717) is 13.2 Å². The van der Waals surface area contributed by atoms with Gasteiger partial charge in [0.25, 0.3) is 5.91 Å². The van der Waals surface area contributed by atoms with Crippen LogP contribution in [0.25, 0.3) is 0 Å². The third-order valence-corrected chi connectivity index (χ3v) is 5.65. The van der Waals surface area contributed by atoms with Crippen LogP contribution in [0.4, 0.5) is 0 Å². The van der Waals surface area contributed by atoms with E-state index in [9.17, 15) is 4.79 Å². The summed E-state index contributed by atoms with van der Waals surface area (Å²) in [5.74, 6) is 2.73. The molecule has 5 rings (SSSR count). The van der Waals surface area contributed by atoms with Crippen molar-refractivity contribution in [2.24, 2.45) is 0 Å². The van der Waals surface area contributed by atoms with Crippen LogP contribution < -0.4 is 9.47 Å². The lowest BCUT2D eigenvalue weighted by atomic mass is 10.0. The average Bonchev–Trinajstić information content (AvgIpc) is 3.34. The maximum Gasteiger partial charge on any atom is 0.272 e. The number of hydrogen-bond acceptors (Lipinski definition) is 4. The molecule has 26 heavy (non-hydrogen) atoms. The van der Waals surface area contributed by atoms with E-state index in [1.54, 1.807) is 6.20 Å². The van der Waals surface area contributed by atoms with Crippen molar-refractivity contribution < 1.29 is 14.3 Å². The van der Waals surface area contributed by atoms with Gasteiger partial charge in [-0.05, 0) is 43.4 Å². The molecule has 0 N–H and O–H groups in total. The van der Waals surface area contributed by atoms with Crippen LogP contribution in [-0.4, -0.2) is 40.1 Å². The van der Waals surface area contributed by atoms with E-state index in [2.05, 4.69) is 15.6 Å². The Morgan fingerprint density at radius 2 is 1.96 bits per heavy atom. The van der Waals surface area contributed by atoms with Crippen molar-refractivity contribution in [3.8, 4) is 11.5 Å². The van der Waals surface area contributed by atoms with Crippen molar-refractivity contribution in [2.75, 3.05) is 19.8 Å². The number of rotatable bonds is 2. The molecule has 1 saturated heterocycles. The minimum absolute atomic E-state index is 0.0908. The highest BCUT2D eigenvalue weighted by Crippen LogP contribution is 2.38. The molecule has 4 heterocycles. The second-order valence-corrected chi connectivity index (χ2v) is 7.23. The molecule has 6 heteroatoms. The SMILES string of the molecule is O=C(c1cnc2n1CCCC2)N1CCCC1c1ccc2c(c1)OCCO2. The summed E-state index contributed by atoms with van der Waals surface area (Å²) >= 11 is 0. The summed E-state index contributed by atoms with van der Waals surface area (Å²) in [6, 6.07) is 6.16. The molecular formula is C20H23N3O3. The first kappa shape index (κ1) is 15.7. The zero-order chi connectivity index (χ0) is 17.5. The van der Waals surface area contributed by atoms with Gasteiger partial charge < -0.3 is 18.9 Å². The first-order valence-electron chi connectivity index (χ1n) is 9.56. The summed E-state index contributed by atoms with van der Waals surface area (Å²) in [5.41, 5.74) is 1.86. The topological polar surface area (TPSA) is 56.6 Å². The van der Waals surface area contributed by atoms with E-state index in [4.69, 9.17) is 9.47 Å². The predicted octanol–water partition coefficient (Wildman–Crippen LogP) is 2.97. The Balaban J connectivity index is 1.44. The molecule has 0 saturated carbocycles. The zero-order valence-electron chi connectivity index (χ0n) is 14.8. The monoisotopic (exact) mass is 353 g/mol. The molecule has 1 amide bonds. The van der Waals surface area contributed by atoms with Gasteiger partial charge in [-0.25, -0.2) is 4.98 Å². The number of amides is 1. The Morgan fingerprint density at radius 3 is 2.88 bits per heavy atom. The van der Waals surface area contributed by atoms with Crippen LogP contribution >= 0.6 is 0 Å². The smallest absolute Gasteiger partial charge is 0.272 e. The Hall–Kier alpha value is -2.50. The third-order valence-electron chi connectivity index (χ3n) is 5.65. The van der Waals surface area contributed by atoms with Crippen LogP contribution in [0.15, 0.2) is 24.4 Å². The molecule has 0 bridgehead atoms. The second kappa shape index (κ2) is 6.34. The lowest BCUT2D eigenvalue weighted by molar-refractivity contribution is 0.0723. The van der Waals surface area contributed by atoms with Gasteiger partial charge in [0.05, 0.1) is 12.2 Å². The molecule has 1 unspecified atom stereocenters. The molecule has 0 aliphatic carbocycles. The second-order valence-electron chi connectivity index (χ2n) is 7.23. The minimum Gasteiger partial charge on any atom is -0.486 e. The van der Waals surface area contributed by atoms with Gasteiger partial charge in [-0.2, -0.15) is 0 Å². The first-order chi connectivity index (χ1) is 12.8. The maximum absolute atomic E-state index is 13.3. The summed E-state index contributed by atoms with van der Waals surface area (Å²) in [6.07, 6.45) is 7.02. The van der Waals surface area contributed by atoms with Crippen LogP contribution in [-0.2, 0) is 13.0 Å². The number of aryl methyl sites for hydroxylation is 1. The maximum atomic E-state index is 13.3. The van der Waals surface area contributed by atoms with E-state index in [1.165, 1.54) is 0 Å². The Kier molecular flexibility index (Phi) is 3.84. The number of ether oxygens (including phenoxy) is 2. The number of likely N-dealkylation sites (tertiary alicyclic amines) is 1. The number of benzene rings is 1. The van der Waals surface area contributed by atoms with Gasteiger partial charge in [0.2, 0.25) is 0 Å². The largest absolute Gasteiger partial charge is 0.486 e. The highest BCUT2D eigenvalue weighted by atomic mass is 16.6. The number of nitrogens with zero attached hydrogens (tertiary/aromatic N) is 3. The van der Waals surface area contributed by atoms with Gasteiger partial charge in [0.1, 0.15) is 24.7 Å². The van der Waals surface area contributed by atoms with Crippen LogP contribution in [0, 0.1) is 0 Å². The molecule has 1 fully saturated rings. The van der Waals surface area contributed by atoms with Gasteiger partial charge in [0, 0.05) is 19.5 Å². The Bertz CT molecular complexity index is 845. The third kappa shape index (κ3) is 2.55. The van der Waals surface area contributed by atoms with Crippen LogP contribution in [0.5, 0.6) is 11.5 Å². The lowest BCUT2D eigenvalue weighted by Gasteiger charge is -2.27. The number of imidazole rings is 1. The minimum atomic E-state index is 0.0908. The first-order valence-corrected chi connectivity index (χ1v) is 9.56. The number of aromatic nitrogens is 2. The van der Waals surface area contributed by atoms with Crippen molar-refractivity contribution in [3.63, 3.8) is 0 Å². The van der Waals surface area contributed by atoms with E-state index < -0.39 is 0 Å². The average molecular weight is 353 g/mol. The summed E-state index contributed by atoms with van der Waals surface area (Å²) in [4.78, 5) is 19.7. The van der Waals surface area contributed by atoms with Crippen molar-refractivity contribution in [1.29, 1.82) is 0 Å². The van der Waals surface area contributed by atoms with Gasteiger partial charge in [-0.15, -0.1) is 0 Å². The molecule has 0 spiro atoms. The van der Waals surface area contributed by atoms with E-state index in [0.717, 1.165) is 73.8 Å². The van der Waals surface area contributed by atoms with Crippen molar-refractivity contribution in [1.82, 2.24) is 14.5 Å². The fourth-order valence-electron chi connectivity index (χ4n) is 4.36. The van der Waals surface area contributed by atoms with Crippen LogP contribution in [0.2, 0.25) is 0 Å². The summed E-state index contributed by atoms with van der Waals surface area (Å²) in [7, 11) is 0. The Labute approximate surface area is 152 Å². The molecule has 1 aromatic carbocycles. The zero-order valence-corrected chi connectivity index (χ0v) is 14.8. The molecule has 6 nitrogen and oxygen atoms in total. The van der Waals surface area contributed by atoms with Gasteiger partial charge in [-0.3, -0.25) is 4.79 Å². The van der Waals surface area contributed by atoms with E-state index in [-0.39, 0.29) is 11.9 Å². The van der Waals surface area contributed by atoms with Crippen molar-refractivity contribution >= 4 is 5.91 Å². The number of fused-ring (bicyclic) bond motifs is 2. The van der Waals surface area contributed by atoms with E-state index in [1.807, 2.05) is 17.0 Å². The highest BCUT2D eigenvalue weighted by molar-refractivity contribution is 5.93. The molecule has 0 radical (unpaired) electrons. The molecule has 1 aromatic heterocycles. The summed E-state index contributed by atoms with van der Waals surface area (Å²) in [6.45, 7) is 2.86. The molecular weight excluding hydrogens is 330 g/mol. The standard InChI is InChI=1S/C20H23N3O3/c24-20(16-13-21-19-5-1-2-8-22(16)19)23-9-3-4-15(23)14-6-7-17-18(12-14)26-11-10-25-17/h6-7,12-13,15H,1-5,8-11H2. The van der Waals surface area contributed by atoms with E-state index >= 15 is 0 Å². The lowest BCUT2D eigenvalue weighted by Crippen LogP contribution is -2.32. The quantitative estimate of drug-likeness (QED) is 0.833. The number of carbonyl (C=O) groups is 1. The predicted molar refractivity (Wildman–Crippen MR) is 95.6 cm³/mol. The van der Waals surface area contributed by atoms with Crippen molar-refractivity contribution in [3.05, 3.63) is 41.5 Å². The summed E-state index contributed by atoms with van der Waals surface area (Å²) in [5, 5.41) is 0. The van der Waals surface area contributed by atoms with Crippen molar-refractivity contribution in [2.45, 2.75) is 44.7 Å². The van der Waals surface area contributed by atoms with Gasteiger partial charge in [-0.1, -0.05) is 6.07 Å². The molecule has 3 aliphatic rings. The highest BCUT2D eigenvalue weighted by Gasteiger charge is 2.33. The van der Waals surface area contributed by atoms with Gasteiger partial charge >= 0.3 is 0 Å². The number of hydrogen-bond donors (Lipinski definition) is 0. The molecule has 2 aromatic rings. The fourth-order valence-corrected chi connectivity index (χ4v) is 4.36. The van der Waals surface area contributed by atoms with Gasteiger partial charge in [0.15, 0.2) is 11.5 Å². The fraction of sp³-hybridized carbons (Fsp3) is 0.500. The molecule has 136 valence electrons. The summed E-state index contributed by atoms with van der Waals surface area (Å²) < 4.78 is 13.5.